The number of nitrogens with zero attached hydrogens (tertiary/aromatic N) is 2. The molecule has 1 fully saturated rings. The molecule has 1 saturated heterocycles. The van der Waals surface area contributed by atoms with Crippen LogP contribution in [0.2, 0.25) is 0 Å². The van der Waals surface area contributed by atoms with E-state index in [1.807, 2.05) is 0 Å². The van der Waals surface area contributed by atoms with Gasteiger partial charge in [0, 0.05) is 34.3 Å². The Labute approximate surface area is 226 Å². The first-order valence-electron chi connectivity index (χ1n) is 12.4. The second kappa shape index (κ2) is 10.9. The Bertz CT molecular complexity index is 1130. The minimum Gasteiger partial charge on any atom is -0.447 e. The molecule has 1 amide bonds. The molecule has 5 nitrogen and oxygen atoms in total. The van der Waals surface area contributed by atoms with E-state index in [9.17, 15) is 35.5 Å². The predicted octanol–water partition coefficient (Wildman–Crippen LogP) is 7.15. The number of alkyl carbamates (subject to hydrolysis) is 1. The van der Waals surface area contributed by atoms with Crippen LogP contribution >= 0.6 is 11.3 Å². The molecule has 0 aliphatic carbocycles. The van der Waals surface area contributed by atoms with Crippen molar-refractivity contribution in [2.24, 2.45) is 5.41 Å². The average Bonchev–Trinajstić information content (AvgIpc) is 3.41. The molecular weight excluding hydrogens is 551 g/mol. The highest BCUT2D eigenvalue weighted by atomic mass is 32.1. The summed E-state index contributed by atoms with van der Waals surface area (Å²) in [4.78, 5) is 18.6. The predicted molar refractivity (Wildman–Crippen MR) is 133 cm³/mol. The van der Waals surface area contributed by atoms with E-state index >= 15 is 0 Å². The summed E-state index contributed by atoms with van der Waals surface area (Å²) < 4.78 is 108. The van der Waals surface area contributed by atoms with Gasteiger partial charge in [0.15, 0.2) is 5.13 Å². The highest BCUT2D eigenvalue weighted by molar-refractivity contribution is 7.10. The van der Waals surface area contributed by atoms with E-state index in [2.05, 4.69) is 4.98 Å². The van der Waals surface area contributed by atoms with E-state index in [-0.39, 0.29) is 13.0 Å². The fraction of sp³-hybridized carbons (Fsp3) is 0.615. The van der Waals surface area contributed by atoms with Gasteiger partial charge in [-0.2, -0.15) is 30.7 Å². The number of aromatic nitrogens is 1. The van der Waals surface area contributed by atoms with Gasteiger partial charge in [-0.1, -0.05) is 6.07 Å². The second-order valence-corrected chi connectivity index (χ2v) is 11.8. The van der Waals surface area contributed by atoms with Gasteiger partial charge in [0.25, 0.3) is 0 Å². The molecule has 1 N–H and O–H groups in total. The van der Waals surface area contributed by atoms with Crippen LogP contribution in [0, 0.1) is 17.5 Å². The molecule has 2 aromatic heterocycles. The van der Waals surface area contributed by atoms with Crippen molar-refractivity contribution in [3.63, 3.8) is 0 Å². The Kier molecular flexibility index (Phi) is 8.67. The number of ether oxygens (including phenoxy) is 1. The van der Waals surface area contributed by atoms with Crippen LogP contribution in [-0.4, -0.2) is 53.1 Å². The molecule has 13 heteroatoms. The fourth-order valence-electron chi connectivity index (χ4n) is 5.34. The number of rotatable bonds is 8. The molecule has 0 aromatic carbocycles. The summed E-state index contributed by atoms with van der Waals surface area (Å²) in [5.74, 6) is 0. The lowest BCUT2D eigenvalue weighted by Gasteiger charge is -2.50. The lowest BCUT2D eigenvalue weighted by molar-refractivity contribution is -0.338. The molecule has 1 aliphatic heterocycles. The normalized spacial score (nSPS) is 19.5. The first-order chi connectivity index (χ1) is 17.8. The lowest BCUT2D eigenvalue weighted by Crippen LogP contribution is -2.76. The SMILES string of the molecule is Cc1ccc(C(C)(C)N2CC[C@@](CCc3ccc(F)s3)(C(NC(=O)OC(C)C)(C(F)(F)F)C(F)(F)F)C2)cn1. The molecule has 218 valence electrons. The molecule has 0 saturated carbocycles. The molecule has 39 heavy (non-hydrogen) atoms. The molecular formula is C26H32F7N3O2S. The van der Waals surface area contributed by atoms with E-state index in [1.54, 1.807) is 44.0 Å². The molecule has 0 spiro atoms. The van der Waals surface area contributed by atoms with Gasteiger partial charge in [-0.05, 0) is 84.2 Å². The van der Waals surface area contributed by atoms with Gasteiger partial charge in [0.05, 0.1) is 6.10 Å². The van der Waals surface area contributed by atoms with Crippen molar-refractivity contribution in [1.29, 1.82) is 0 Å². The third-order valence-electron chi connectivity index (χ3n) is 7.52. The van der Waals surface area contributed by atoms with Gasteiger partial charge in [-0.15, -0.1) is 11.3 Å². The molecule has 1 aliphatic rings. The maximum Gasteiger partial charge on any atom is 0.421 e. The summed E-state index contributed by atoms with van der Waals surface area (Å²) in [7, 11) is 0. The third kappa shape index (κ3) is 6.03. The molecule has 0 unspecified atom stereocenters. The van der Waals surface area contributed by atoms with E-state index < -0.39 is 65.6 Å². The molecule has 3 heterocycles. The highest BCUT2D eigenvalue weighted by Crippen LogP contribution is 2.59. The molecule has 2 aromatic rings. The van der Waals surface area contributed by atoms with Crippen LogP contribution in [0.25, 0.3) is 0 Å². The van der Waals surface area contributed by atoms with Crippen molar-refractivity contribution in [2.45, 2.75) is 83.4 Å². The van der Waals surface area contributed by atoms with Crippen molar-refractivity contribution in [2.75, 3.05) is 13.1 Å². The zero-order valence-electron chi connectivity index (χ0n) is 22.3. The van der Waals surface area contributed by atoms with E-state index in [0.717, 1.165) is 6.07 Å². The summed E-state index contributed by atoms with van der Waals surface area (Å²) in [6.07, 6.45) is -14.5. The summed E-state index contributed by atoms with van der Waals surface area (Å²) in [5.41, 5.74) is -6.87. The molecule has 0 bridgehead atoms. The number of amides is 1. The smallest absolute Gasteiger partial charge is 0.421 e. The number of pyridine rings is 1. The topological polar surface area (TPSA) is 54.5 Å². The second-order valence-electron chi connectivity index (χ2n) is 10.7. The van der Waals surface area contributed by atoms with Crippen molar-refractivity contribution < 1.29 is 40.3 Å². The summed E-state index contributed by atoms with van der Waals surface area (Å²) >= 11 is 0.659. The number of alkyl halides is 6. The first kappa shape index (κ1) is 31.1. The Balaban J connectivity index is 2.16. The Morgan fingerprint density at radius 2 is 1.77 bits per heavy atom. The maximum atomic E-state index is 14.9. The Hall–Kier alpha value is -2.41. The number of carbonyl (C=O) groups excluding carboxylic acids is 1. The maximum absolute atomic E-state index is 14.9. The Morgan fingerprint density at radius 1 is 1.13 bits per heavy atom. The Morgan fingerprint density at radius 3 is 2.26 bits per heavy atom. The van der Waals surface area contributed by atoms with Crippen molar-refractivity contribution in [3.8, 4) is 0 Å². The van der Waals surface area contributed by atoms with Gasteiger partial charge in [0.2, 0.25) is 5.54 Å². The fourth-order valence-corrected chi connectivity index (χ4v) is 6.07. The zero-order valence-corrected chi connectivity index (χ0v) is 23.1. The monoisotopic (exact) mass is 583 g/mol. The van der Waals surface area contributed by atoms with Crippen LogP contribution in [0.5, 0.6) is 0 Å². The van der Waals surface area contributed by atoms with Crippen molar-refractivity contribution in [3.05, 3.63) is 51.7 Å². The van der Waals surface area contributed by atoms with E-state index in [1.165, 1.54) is 25.2 Å². The number of likely N-dealkylation sites (tertiary alicyclic amines) is 1. The van der Waals surface area contributed by atoms with Gasteiger partial charge in [-0.25, -0.2) is 4.79 Å². The number of hydrogen-bond acceptors (Lipinski definition) is 5. The average molecular weight is 584 g/mol. The standard InChI is InChI=1S/C26H32F7N3O2S/c1-16(2)38-21(37)35-24(25(28,29)30,26(31,32)33)23(11-10-19-8-9-20(27)39-19)12-13-36(15-23)22(4,5)18-7-6-17(3)34-14-18/h6-9,14,16H,10-13,15H2,1-5H3,(H,35,37)/t23-/m1/s1. The number of aryl methyl sites for hydroxylation is 2. The van der Waals surface area contributed by atoms with E-state index in [0.29, 0.717) is 27.5 Å². The van der Waals surface area contributed by atoms with Gasteiger partial charge >= 0.3 is 18.4 Å². The van der Waals surface area contributed by atoms with Crippen LogP contribution in [0.15, 0.2) is 30.5 Å². The largest absolute Gasteiger partial charge is 0.447 e. The number of carbonyl (C=O) groups is 1. The number of hydrogen-bond donors (Lipinski definition) is 1. The first-order valence-corrected chi connectivity index (χ1v) is 13.2. The van der Waals surface area contributed by atoms with Crippen molar-refractivity contribution in [1.82, 2.24) is 15.2 Å². The minimum atomic E-state index is -5.94. The summed E-state index contributed by atoms with van der Waals surface area (Å²) in [6, 6.07) is 5.90. The minimum absolute atomic E-state index is 0.117. The number of thiophene rings is 1. The molecule has 1 atom stereocenters. The molecule has 3 rings (SSSR count). The lowest BCUT2D eigenvalue weighted by atomic mass is 9.64. The number of halogens is 7. The van der Waals surface area contributed by atoms with Gasteiger partial charge < -0.3 is 4.74 Å². The van der Waals surface area contributed by atoms with E-state index in [4.69, 9.17) is 4.74 Å². The molecule has 0 radical (unpaired) electrons. The van der Waals surface area contributed by atoms with Crippen LogP contribution in [-0.2, 0) is 16.7 Å². The third-order valence-corrected chi connectivity index (χ3v) is 8.45. The quantitative estimate of drug-likeness (QED) is 0.336. The summed E-state index contributed by atoms with van der Waals surface area (Å²) in [5, 5.41) is 0.664. The van der Waals surface area contributed by atoms with Crippen LogP contribution in [0.3, 0.4) is 0 Å². The van der Waals surface area contributed by atoms with Crippen LogP contribution in [0.1, 0.15) is 56.7 Å². The van der Waals surface area contributed by atoms with Crippen LogP contribution in [0.4, 0.5) is 35.5 Å². The van der Waals surface area contributed by atoms with Crippen molar-refractivity contribution >= 4 is 17.4 Å². The number of nitrogens with one attached hydrogen (secondary N) is 1. The summed E-state index contributed by atoms with van der Waals surface area (Å²) in [6.45, 7) is 7.03. The van der Waals surface area contributed by atoms with Gasteiger partial charge in [0.1, 0.15) is 0 Å². The zero-order chi connectivity index (χ0) is 29.4. The highest BCUT2D eigenvalue weighted by Gasteiger charge is 2.81. The van der Waals surface area contributed by atoms with Gasteiger partial charge in [-0.3, -0.25) is 15.2 Å². The van der Waals surface area contributed by atoms with Crippen LogP contribution < -0.4 is 5.32 Å².